The van der Waals surface area contributed by atoms with Gasteiger partial charge in [0.15, 0.2) is 0 Å². The maximum atomic E-state index is 3.48. The summed E-state index contributed by atoms with van der Waals surface area (Å²) in [7, 11) is 0. The molecule has 49 valence electrons. The van der Waals surface area contributed by atoms with Crippen molar-refractivity contribution in [1.29, 1.82) is 0 Å². The molecule has 0 unspecified atom stereocenters. The van der Waals surface area contributed by atoms with Gasteiger partial charge in [0, 0.05) is 4.47 Å². The summed E-state index contributed by atoms with van der Waals surface area (Å²) in [5, 5.41) is 0. The van der Waals surface area contributed by atoms with E-state index in [0.717, 1.165) is 6.42 Å². The van der Waals surface area contributed by atoms with Crippen LogP contribution >= 0.6 is 15.9 Å². The van der Waals surface area contributed by atoms with E-state index in [-0.39, 0.29) is 0 Å². The predicted octanol–water partition coefficient (Wildman–Crippen LogP) is 2.82. The standard InChI is InChI=1S/C9H6Br/c10-9-6-2-4-7-3-1-5-8(7)9/h2,4-6H,3H2. The molecule has 0 atom stereocenters. The van der Waals surface area contributed by atoms with Crippen LogP contribution < -0.4 is 0 Å². The fourth-order valence-electron chi connectivity index (χ4n) is 1.16. The highest BCUT2D eigenvalue weighted by Gasteiger charge is 2.06. The fourth-order valence-corrected chi connectivity index (χ4v) is 1.68. The van der Waals surface area contributed by atoms with E-state index in [4.69, 9.17) is 0 Å². The Kier molecular flexibility index (Phi) is 1.38. The first kappa shape index (κ1) is 6.17. The smallest absolute Gasteiger partial charge is 0.0250 e. The lowest BCUT2D eigenvalue weighted by atomic mass is 10.1. The van der Waals surface area contributed by atoms with Crippen molar-refractivity contribution in [3.63, 3.8) is 0 Å². The zero-order chi connectivity index (χ0) is 6.97. The van der Waals surface area contributed by atoms with Gasteiger partial charge in [0.1, 0.15) is 0 Å². The number of fused-ring (bicyclic) bond motifs is 1. The number of benzene rings is 1. The number of rotatable bonds is 0. The van der Waals surface area contributed by atoms with Crippen LogP contribution in [0.25, 0.3) is 6.08 Å². The van der Waals surface area contributed by atoms with Gasteiger partial charge in [0.25, 0.3) is 0 Å². The minimum Gasteiger partial charge on any atom is -0.0608 e. The van der Waals surface area contributed by atoms with Gasteiger partial charge >= 0.3 is 0 Å². The zero-order valence-electron chi connectivity index (χ0n) is 5.39. The second-order valence-corrected chi connectivity index (χ2v) is 3.19. The first-order valence-electron chi connectivity index (χ1n) is 3.22. The maximum Gasteiger partial charge on any atom is 0.0250 e. The van der Waals surface area contributed by atoms with Crippen molar-refractivity contribution < 1.29 is 0 Å². The van der Waals surface area contributed by atoms with E-state index in [0.29, 0.717) is 0 Å². The van der Waals surface area contributed by atoms with Crippen LogP contribution in [-0.4, -0.2) is 0 Å². The van der Waals surface area contributed by atoms with Crippen LogP contribution in [0, 0.1) is 6.08 Å². The third-order valence-corrected chi connectivity index (χ3v) is 2.37. The molecule has 0 N–H and O–H groups in total. The zero-order valence-corrected chi connectivity index (χ0v) is 6.98. The summed E-state index contributed by atoms with van der Waals surface area (Å²) in [5.74, 6) is 0. The molecule has 0 bridgehead atoms. The molecule has 0 fully saturated rings. The van der Waals surface area contributed by atoms with E-state index < -0.39 is 0 Å². The van der Waals surface area contributed by atoms with E-state index >= 15 is 0 Å². The van der Waals surface area contributed by atoms with Crippen LogP contribution in [0.5, 0.6) is 0 Å². The van der Waals surface area contributed by atoms with E-state index in [1.807, 2.05) is 6.08 Å². The van der Waals surface area contributed by atoms with Gasteiger partial charge in [-0.2, -0.15) is 0 Å². The number of hydrogen-bond acceptors (Lipinski definition) is 0. The van der Waals surface area contributed by atoms with Gasteiger partial charge in [-0.05, 0) is 35.8 Å². The Balaban J connectivity index is 2.67. The van der Waals surface area contributed by atoms with Crippen LogP contribution in [0.3, 0.4) is 0 Å². The van der Waals surface area contributed by atoms with Gasteiger partial charge in [0.05, 0.1) is 0 Å². The van der Waals surface area contributed by atoms with Gasteiger partial charge < -0.3 is 0 Å². The third-order valence-electron chi connectivity index (χ3n) is 1.68. The highest BCUT2D eigenvalue weighted by Crippen LogP contribution is 2.26. The highest BCUT2D eigenvalue weighted by molar-refractivity contribution is 9.10. The Morgan fingerprint density at radius 2 is 2.30 bits per heavy atom. The average molecular weight is 194 g/mol. The molecule has 2 rings (SSSR count). The molecule has 0 aromatic heterocycles. The molecule has 10 heavy (non-hydrogen) atoms. The molecule has 1 aromatic rings. The topological polar surface area (TPSA) is 0 Å². The molecule has 1 aliphatic carbocycles. The van der Waals surface area contributed by atoms with E-state index in [1.54, 1.807) is 0 Å². The van der Waals surface area contributed by atoms with Crippen molar-refractivity contribution in [2.75, 3.05) is 0 Å². The third kappa shape index (κ3) is 0.816. The average Bonchev–Trinajstić information content (AvgIpc) is 2.36. The Morgan fingerprint density at radius 1 is 1.40 bits per heavy atom. The molecular formula is C9H6Br. The lowest BCUT2D eigenvalue weighted by molar-refractivity contribution is 1.28. The van der Waals surface area contributed by atoms with E-state index in [2.05, 4.69) is 40.2 Å². The summed E-state index contributed by atoms with van der Waals surface area (Å²) in [6.45, 7) is 0. The largest absolute Gasteiger partial charge is 0.0608 e. The van der Waals surface area contributed by atoms with Crippen LogP contribution in [0.15, 0.2) is 22.7 Å². The lowest BCUT2D eigenvalue weighted by Crippen LogP contribution is -1.80. The Labute approximate surface area is 68.7 Å². The van der Waals surface area contributed by atoms with Crippen molar-refractivity contribution in [2.24, 2.45) is 0 Å². The van der Waals surface area contributed by atoms with Crippen molar-refractivity contribution in [1.82, 2.24) is 0 Å². The normalized spacial score (nSPS) is 13.7. The second kappa shape index (κ2) is 2.24. The molecule has 1 radical (unpaired) electrons. The monoisotopic (exact) mass is 193 g/mol. The Bertz CT molecular complexity index is 287. The van der Waals surface area contributed by atoms with Gasteiger partial charge in [-0.1, -0.05) is 28.1 Å². The quantitative estimate of drug-likeness (QED) is 0.595. The molecule has 0 aliphatic heterocycles. The summed E-state index contributed by atoms with van der Waals surface area (Å²) >= 11 is 3.48. The minimum absolute atomic E-state index is 0.967. The van der Waals surface area contributed by atoms with Gasteiger partial charge in [-0.3, -0.25) is 0 Å². The summed E-state index contributed by atoms with van der Waals surface area (Å²) in [6.07, 6.45) is 6.18. The highest BCUT2D eigenvalue weighted by atomic mass is 79.9. The molecule has 1 aromatic carbocycles. The molecular weight excluding hydrogens is 188 g/mol. The van der Waals surface area contributed by atoms with Crippen LogP contribution in [0.2, 0.25) is 0 Å². The summed E-state index contributed by atoms with van der Waals surface area (Å²) in [6, 6.07) is 6.25. The number of allylic oxidation sites excluding steroid dienone is 1. The lowest BCUT2D eigenvalue weighted by Gasteiger charge is -1.98. The first-order chi connectivity index (χ1) is 4.88. The fraction of sp³-hybridized carbons (Fsp3) is 0.111. The van der Waals surface area contributed by atoms with Gasteiger partial charge in [-0.15, -0.1) is 0 Å². The summed E-state index contributed by atoms with van der Waals surface area (Å²) in [5.41, 5.74) is 2.66. The molecule has 0 spiro atoms. The molecule has 1 heteroatoms. The maximum absolute atomic E-state index is 3.48. The van der Waals surface area contributed by atoms with Crippen molar-refractivity contribution >= 4 is 22.0 Å². The van der Waals surface area contributed by atoms with Crippen LogP contribution in [-0.2, 0) is 6.42 Å². The van der Waals surface area contributed by atoms with Crippen molar-refractivity contribution in [3.8, 4) is 0 Å². The number of halogens is 1. The van der Waals surface area contributed by atoms with Gasteiger partial charge in [-0.25, -0.2) is 0 Å². The van der Waals surface area contributed by atoms with E-state index in [9.17, 15) is 0 Å². The SMILES string of the molecule is Brc1cccc2c1C=[C]C2. The van der Waals surface area contributed by atoms with Crippen LogP contribution in [0.1, 0.15) is 11.1 Å². The first-order valence-corrected chi connectivity index (χ1v) is 4.01. The predicted molar refractivity (Wildman–Crippen MR) is 45.6 cm³/mol. The molecule has 1 aliphatic rings. The van der Waals surface area contributed by atoms with Crippen LogP contribution in [0.4, 0.5) is 0 Å². The Hall–Kier alpha value is -0.560. The summed E-state index contributed by atoms with van der Waals surface area (Å²) < 4.78 is 1.18. The second-order valence-electron chi connectivity index (χ2n) is 2.34. The minimum atomic E-state index is 0.967. The number of hydrogen-bond donors (Lipinski definition) is 0. The summed E-state index contributed by atoms with van der Waals surface area (Å²) in [4.78, 5) is 0. The molecule has 0 amide bonds. The van der Waals surface area contributed by atoms with Crippen molar-refractivity contribution in [3.05, 3.63) is 39.9 Å². The van der Waals surface area contributed by atoms with Crippen molar-refractivity contribution in [2.45, 2.75) is 6.42 Å². The van der Waals surface area contributed by atoms with Gasteiger partial charge in [0.2, 0.25) is 0 Å². The Morgan fingerprint density at radius 3 is 3.10 bits per heavy atom. The molecule has 0 heterocycles. The molecule has 0 nitrogen and oxygen atoms in total. The van der Waals surface area contributed by atoms with E-state index in [1.165, 1.54) is 15.6 Å². The molecule has 0 saturated carbocycles. The molecule has 0 saturated heterocycles.